The Kier molecular flexibility index (Phi) is 5.97. The molecule has 9 heteroatoms. The van der Waals surface area contributed by atoms with E-state index in [2.05, 4.69) is 5.32 Å². The molecule has 1 heterocycles. The molecule has 1 N–H and O–H groups in total. The maximum atomic E-state index is 13.5. The zero-order valence-electron chi connectivity index (χ0n) is 13.9. The van der Waals surface area contributed by atoms with Gasteiger partial charge in [0.15, 0.2) is 0 Å². The van der Waals surface area contributed by atoms with Gasteiger partial charge < -0.3 is 0 Å². The molecule has 1 unspecified atom stereocenters. The van der Waals surface area contributed by atoms with Gasteiger partial charge in [-0.2, -0.15) is 5.26 Å². The van der Waals surface area contributed by atoms with E-state index in [0.717, 1.165) is 20.6 Å². The van der Waals surface area contributed by atoms with E-state index in [1.165, 1.54) is 23.3 Å². The molecule has 0 saturated carbocycles. The summed E-state index contributed by atoms with van der Waals surface area (Å²) in [6.07, 6.45) is -0.675. The first-order valence-corrected chi connectivity index (χ1v) is 12.3. The van der Waals surface area contributed by atoms with E-state index >= 15 is 0 Å². The zero-order chi connectivity index (χ0) is 19.6. The second-order valence-electron chi connectivity index (χ2n) is 6.17. The van der Waals surface area contributed by atoms with Crippen molar-refractivity contribution in [3.63, 3.8) is 0 Å². The van der Waals surface area contributed by atoms with Crippen LogP contribution in [0.25, 0.3) is 10.8 Å². The Labute approximate surface area is 172 Å². The summed E-state index contributed by atoms with van der Waals surface area (Å²) in [5, 5.41) is 13.1. The van der Waals surface area contributed by atoms with Gasteiger partial charge in [-0.15, -0.1) is 0 Å². The van der Waals surface area contributed by atoms with Gasteiger partial charge in [-0.05, 0) is 0 Å². The molecule has 0 bridgehead atoms. The summed E-state index contributed by atoms with van der Waals surface area (Å²) in [6.45, 7) is -1.23. The molecule has 1 aliphatic heterocycles. The molecule has 1 fully saturated rings. The van der Waals surface area contributed by atoms with Gasteiger partial charge in [0.05, 0.1) is 0 Å². The van der Waals surface area contributed by atoms with Crippen molar-refractivity contribution in [2.75, 3.05) is 13.1 Å². The SMILES string of the molecule is N#CC1CC(F)(F)CN1C(=O)CNC(=O)c1cccc2ccc(S[At])cc12. The molecule has 2 aromatic rings. The topological polar surface area (TPSA) is 73.2 Å². The van der Waals surface area contributed by atoms with Gasteiger partial charge in [0.2, 0.25) is 0 Å². The van der Waals surface area contributed by atoms with Gasteiger partial charge in [-0.25, -0.2) is 8.78 Å². The first-order chi connectivity index (χ1) is 12.8. The molecule has 1 saturated heterocycles. The van der Waals surface area contributed by atoms with Crippen LogP contribution >= 0.6 is 8.52 Å². The number of hydrogen-bond acceptors (Lipinski definition) is 4. The Morgan fingerprint density at radius 2 is 2.15 bits per heavy atom. The third-order valence-electron chi connectivity index (χ3n) is 4.33. The van der Waals surface area contributed by atoms with Crippen molar-refractivity contribution in [3.05, 3.63) is 42.0 Å². The van der Waals surface area contributed by atoms with Gasteiger partial charge in [-0.3, -0.25) is 0 Å². The quantitative estimate of drug-likeness (QED) is 0.601. The number of hydrogen-bond donors (Lipinski definition) is 1. The minimum atomic E-state index is -3.08. The number of amides is 2. The van der Waals surface area contributed by atoms with E-state index in [1.54, 1.807) is 26.7 Å². The summed E-state index contributed by atoms with van der Waals surface area (Å²) in [5.41, 5.74) is 0.409. The number of halogens is 2. The van der Waals surface area contributed by atoms with Crippen LogP contribution < -0.4 is 5.32 Å². The number of nitrogens with one attached hydrogen (secondary N) is 1. The number of fused-ring (bicyclic) bond motifs is 1. The minimum absolute atomic E-state index is 0.409. The summed E-state index contributed by atoms with van der Waals surface area (Å²) in [5.74, 6) is -4.23. The van der Waals surface area contributed by atoms with Gasteiger partial charge in [0, 0.05) is 0 Å². The van der Waals surface area contributed by atoms with Crippen molar-refractivity contribution in [2.24, 2.45) is 0 Å². The van der Waals surface area contributed by atoms with Gasteiger partial charge in [-0.1, -0.05) is 0 Å². The summed E-state index contributed by atoms with van der Waals surface area (Å²) in [6, 6.07) is 11.6. The van der Waals surface area contributed by atoms with Gasteiger partial charge >= 0.3 is 159 Å². The van der Waals surface area contributed by atoms with Crippen LogP contribution in [-0.2, 0) is 4.79 Å². The predicted molar refractivity (Wildman–Crippen MR) is 92.8 cm³/mol. The predicted octanol–water partition coefficient (Wildman–Crippen LogP) is 2.89. The molecule has 0 aliphatic carbocycles. The molecular formula is C18H14AtF2N3O2S. The summed E-state index contributed by atoms with van der Waals surface area (Å²) in [7, 11) is 1.60. The average Bonchev–Trinajstić information content (AvgIpc) is 2.99. The molecule has 3 rings (SSSR count). The van der Waals surface area contributed by atoms with Crippen molar-refractivity contribution >= 4 is 31.1 Å². The van der Waals surface area contributed by atoms with Crippen molar-refractivity contribution < 1.29 is 41.6 Å². The van der Waals surface area contributed by atoms with E-state index in [4.69, 9.17) is 5.26 Å². The van der Waals surface area contributed by atoms with E-state index in [9.17, 15) is 18.4 Å². The van der Waals surface area contributed by atoms with Crippen molar-refractivity contribution in [1.29, 1.82) is 5.26 Å². The number of benzene rings is 2. The summed E-state index contributed by atoms with van der Waals surface area (Å²) < 4.78 is 26.9. The standard InChI is InChI=1S/C18H14AtF2N3O2S/c19-27-13-5-4-11-2-1-3-14(15(11)6-13)17(26)23-9-16(25)24-10-18(20,21)7-12(24)8-22/h1-6,12H,7,9-10H2,(H,23,26). The number of nitriles is 1. The van der Waals surface area contributed by atoms with Crippen LogP contribution in [0.2, 0.25) is 0 Å². The van der Waals surface area contributed by atoms with Crippen LogP contribution in [0.15, 0.2) is 41.3 Å². The van der Waals surface area contributed by atoms with Gasteiger partial charge in [0.25, 0.3) is 0 Å². The molecule has 0 aromatic heterocycles. The summed E-state index contributed by atoms with van der Waals surface area (Å²) in [4.78, 5) is 26.6. The van der Waals surface area contributed by atoms with E-state index in [1.807, 2.05) is 24.3 Å². The molecule has 5 nitrogen and oxygen atoms in total. The van der Waals surface area contributed by atoms with Crippen LogP contribution in [0.4, 0.5) is 8.78 Å². The Morgan fingerprint density at radius 3 is 2.85 bits per heavy atom. The average molecular weight is 584 g/mol. The first-order valence-electron chi connectivity index (χ1n) is 8.01. The Bertz CT molecular complexity index is 948. The van der Waals surface area contributed by atoms with Crippen molar-refractivity contribution in [1.82, 2.24) is 10.2 Å². The van der Waals surface area contributed by atoms with Crippen molar-refractivity contribution in [2.45, 2.75) is 23.3 Å². The van der Waals surface area contributed by atoms with Crippen LogP contribution in [0.5, 0.6) is 0 Å². The molecule has 0 spiro atoms. The third kappa shape index (κ3) is 4.39. The van der Waals surface area contributed by atoms with Gasteiger partial charge in [0.1, 0.15) is 0 Å². The number of alkyl halides is 2. The fraction of sp³-hybridized carbons (Fsp3) is 0.278. The fourth-order valence-corrected chi connectivity index (χ4v) is 4.45. The molecule has 27 heavy (non-hydrogen) atoms. The third-order valence-corrected chi connectivity index (χ3v) is 6.84. The monoisotopic (exact) mass is 584 g/mol. The normalized spacial score (nSPS) is 18.3. The second kappa shape index (κ2) is 8.07. The van der Waals surface area contributed by atoms with Crippen LogP contribution in [0.3, 0.4) is 0 Å². The summed E-state index contributed by atoms with van der Waals surface area (Å²) >= 11 is 1.53. The van der Waals surface area contributed by atoms with Crippen LogP contribution in [-0.4, -0.2) is 41.8 Å². The number of nitrogens with zero attached hydrogens (tertiary/aromatic N) is 2. The number of carbonyl (C=O) groups is 2. The fourth-order valence-electron chi connectivity index (χ4n) is 3.04. The van der Waals surface area contributed by atoms with E-state index in [-0.39, 0.29) is 0 Å². The number of carbonyl (C=O) groups excluding carboxylic acids is 2. The van der Waals surface area contributed by atoms with Crippen LogP contribution in [0, 0.1) is 34.6 Å². The van der Waals surface area contributed by atoms with E-state index < -0.39 is 43.3 Å². The molecule has 2 aromatic carbocycles. The number of likely N-dealkylation sites (tertiary alicyclic amines) is 1. The van der Waals surface area contributed by atoms with Crippen molar-refractivity contribution in [3.8, 4) is 6.07 Å². The molecule has 1 aliphatic rings. The molecule has 140 valence electrons. The van der Waals surface area contributed by atoms with E-state index in [0.29, 0.717) is 5.56 Å². The zero-order valence-corrected chi connectivity index (χ0v) is 17.7. The Hall–Kier alpha value is -1.78. The maximum absolute atomic E-state index is 13.5. The Balaban J connectivity index is 1.74. The molecular weight excluding hydrogens is 570 g/mol. The first kappa shape index (κ1) is 20.0. The molecule has 1 atom stereocenters. The van der Waals surface area contributed by atoms with Crippen LogP contribution in [0.1, 0.15) is 16.8 Å². The Morgan fingerprint density at radius 1 is 1.37 bits per heavy atom. The molecule has 0 radical (unpaired) electrons. The second-order valence-corrected chi connectivity index (χ2v) is 8.60. The molecule has 2 amide bonds. The number of rotatable bonds is 4.